The lowest BCUT2D eigenvalue weighted by atomic mass is 9.98. The Kier molecular flexibility index (Phi) is 5.58. The van der Waals surface area contributed by atoms with E-state index in [9.17, 15) is 14.4 Å². The van der Waals surface area contributed by atoms with Gasteiger partial charge in [0, 0.05) is 16.5 Å². The molecule has 0 aliphatic carbocycles. The van der Waals surface area contributed by atoms with Crippen molar-refractivity contribution in [2.45, 2.75) is 6.92 Å². The molecule has 0 unspecified atom stereocenters. The van der Waals surface area contributed by atoms with E-state index in [-0.39, 0.29) is 11.5 Å². The summed E-state index contributed by atoms with van der Waals surface area (Å²) in [6.07, 6.45) is 1.64. The van der Waals surface area contributed by atoms with Gasteiger partial charge < -0.3 is 8.83 Å². The summed E-state index contributed by atoms with van der Waals surface area (Å²) < 4.78 is 11.9. The maximum absolute atomic E-state index is 13.8. The highest BCUT2D eigenvalue weighted by molar-refractivity contribution is 8.18. The molecular formula is C29H18N2O5S. The Morgan fingerprint density at radius 1 is 0.919 bits per heavy atom. The molecule has 0 bridgehead atoms. The van der Waals surface area contributed by atoms with Gasteiger partial charge in [0.2, 0.25) is 5.89 Å². The van der Waals surface area contributed by atoms with E-state index in [1.165, 1.54) is 0 Å². The van der Waals surface area contributed by atoms with Crippen LogP contribution in [0.1, 0.15) is 27.6 Å². The van der Waals surface area contributed by atoms with Crippen molar-refractivity contribution in [1.29, 1.82) is 0 Å². The molecule has 2 aromatic heterocycles. The van der Waals surface area contributed by atoms with E-state index in [1.54, 1.807) is 25.1 Å². The van der Waals surface area contributed by atoms with Gasteiger partial charge in [-0.3, -0.25) is 19.7 Å². The van der Waals surface area contributed by atoms with Crippen LogP contribution in [-0.2, 0) is 4.79 Å². The summed E-state index contributed by atoms with van der Waals surface area (Å²) in [5, 5.41) is 2.55. The number of thioether (sulfide) groups is 1. The van der Waals surface area contributed by atoms with Gasteiger partial charge in [0.25, 0.3) is 16.9 Å². The summed E-state index contributed by atoms with van der Waals surface area (Å²) in [5.74, 6) is 0.0642. The average Bonchev–Trinajstić information content (AvgIpc) is 3.58. The molecule has 1 saturated heterocycles. The van der Waals surface area contributed by atoms with Crippen molar-refractivity contribution in [3.05, 3.63) is 107 Å². The number of rotatable bonds is 5. The van der Waals surface area contributed by atoms with Crippen molar-refractivity contribution >= 4 is 45.7 Å². The lowest BCUT2D eigenvalue weighted by molar-refractivity contribution is -0.115. The standard InChI is InChI=1S/C29H18N2O5S/c1-16-24(30-28(35-16)19-10-6-3-7-11-19)25(32)26-23(18-8-4-2-5-9-18)20-14-17(12-13-21(20)36-26)15-22-27(33)31-29(34)37-22/h2-15H,1H3,(H,31,33,34)/b22-15-. The lowest BCUT2D eigenvalue weighted by Crippen LogP contribution is -2.17. The number of nitrogens with one attached hydrogen (secondary N) is 1. The number of aryl methyl sites for hydroxylation is 1. The number of carbonyl (C=O) groups is 3. The summed E-state index contributed by atoms with van der Waals surface area (Å²) in [4.78, 5) is 42.2. The number of fused-ring (bicyclic) bond motifs is 1. The molecule has 1 N–H and O–H groups in total. The number of ketones is 1. The van der Waals surface area contributed by atoms with Crippen LogP contribution in [0.3, 0.4) is 0 Å². The Hall–Kier alpha value is -4.69. The molecule has 3 heterocycles. The Bertz CT molecular complexity index is 1730. The first-order chi connectivity index (χ1) is 18.0. The third kappa shape index (κ3) is 4.17. The van der Waals surface area contributed by atoms with Gasteiger partial charge in [-0.25, -0.2) is 4.98 Å². The molecule has 0 radical (unpaired) electrons. The van der Waals surface area contributed by atoms with E-state index in [0.29, 0.717) is 38.7 Å². The largest absolute Gasteiger partial charge is 0.452 e. The molecule has 8 heteroatoms. The van der Waals surface area contributed by atoms with Crippen molar-refractivity contribution in [2.24, 2.45) is 0 Å². The third-order valence-corrected chi connectivity index (χ3v) is 6.76. The highest BCUT2D eigenvalue weighted by Gasteiger charge is 2.28. The van der Waals surface area contributed by atoms with Crippen LogP contribution < -0.4 is 5.32 Å². The molecular weight excluding hydrogens is 488 g/mol. The van der Waals surface area contributed by atoms with E-state index in [2.05, 4.69) is 10.3 Å². The molecule has 5 aromatic rings. The maximum atomic E-state index is 13.8. The second-order valence-corrected chi connectivity index (χ2v) is 9.41. The average molecular weight is 507 g/mol. The van der Waals surface area contributed by atoms with Gasteiger partial charge in [0.05, 0.1) is 4.91 Å². The van der Waals surface area contributed by atoms with Gasteiger partial charge in [0.1, 0.15) is 11.3 Å². The van der Waals surface area contributed by atoms with Gasteiger partial charge in [-0.15, -0.1) is 0 Å². The zero-order valence-electron chi connectivity index (χ0n) is 19.5. The number of imide groups is 1. The summed E-state index contributed by atoms with van der Waals surface area (Å²) in [5.41, 5.74) is 3.55. The second-order valence-electron chi connectivity index (χ2n) is 8.40. The molecule has 7 nitrogen and oxygen atoms in total. The molecule has 1 aliphatic heterocycles. The molecule has 2 amide bonds. The first-order valence-corrected chi connectivity index (χ1v) is 12.2. The van der Waals surface area contributed by atoms with Crippen LogP contribution in [0.25, 0.3) is 39.6 Å². The molecule has 0 spiro atoms. The predicted octanol–water partition coefficient (Wildman–Crippen LogP) is 6.62. The van der Waals surface area contributed by atoms with Gasteiger partial charge in [-0.1, -0.05) is 54.6 Å². The predicted molar refractivity (Wildman–Crippen MR) is 141 cm³/mol. The van der Waals surface area contributed by atoms with Crippen LogP contribution in [0, 0.1) is 6.92 Å². The minimum absolute atomic E-state index is 0.144. The van der Waals surface area contributed by atoms with Gasteiger partial charge in [-0.2, -0.15) is 0 Å². The normalized spacial score (nSPS) is 14.5. The van der Waals surface area contributed by atoms with E-state index < -0.39 is 16.9 Å². The van der Waals surface area contributed by atoms with E-state index >= 15 is 0 Å². The third-order valence-electron chi connectivity index (χ3n) is 5.95. The molecule has 1 fully saturated rings. The Labute approximate surface area is 215 Å². The highest BCUT2D eigenvalue weighted by atomic mass is 32.2. The number of amides is 2. The molecule has 180 valence electrons. The van der Waals surface area contributed by atoms with E-state index in [0.717, 1.165) is 22.9 Å². The highest BCUT2D eigenvalue weighted by Crippen LogP contribution is 2.38. The Morgan fingerprint density at radius 2 is 1.62 bits per heavy atom. The monoisotopic (exact) mass is 506 g/mol. The number of furan rings is 1. The summed E-state index contributed by atoms with van der Waals surface area (Å²) in [6, 6.07) is 24.2. The van der Waals surface area contributed by atoms with Crippen molar-refractivity contribution in [2.75, 3.05) is 0 Å². The number of benzene rings is 3. The van der Waals surface area contributed by atoms with Crippen LogP contribution in [0.15, 0.2) is 92.6 Å². The van der Waals surface area contributed by atoms with Crippen LogP contribution in [0.4, 0.5) is 4.79 Å². The number of hydrogen-bond donors (Lipinski definition) is 1. The topological polar surface area (TPSA) is 102 Å². The number of hydrogen-bond acceptors (Lipinski definition) is 7. The quantitative estimate of drug-likeness (QED) is 0.211. The summed E-state index contributed by atoms with van der Waals surface area (Å²) in [7, 11) is 0. The van der Waals surface area contributed by atoms with Crippen LogP contribution >= 0.6 is 11.8 Å². The maximum Gasteiger partial charge on any atom is 0.290 e. The van der Waals surface area contributed by atoms with Gasteiger partial charge >= 0.3 is 0 Å². The van der Waals surface area contributed by atoms with E-state index in [4.69, 9.17) is 8.83 Å². The minimum Gasteiger partial charge on any atom is -0.452 e. The van der Waals surface area contributed by atoms with Crippen molar-refractivity contribution in [3.8, 4) is 22.6 Å². The molecule has 3 aromatic carbocycles. The Morgan fingerprint density at radius 3 is 2.30 bits per heavy atom. The number of nitrogens with zero attached hydrogens (tertiary/aromatic N) is 1. The molecule has 0 saturated carbocycles. The SMILES string of the molecule is Cc1oc(-c2ccccc2)nc1C(=O)c1oc2ccc(/C=C3\SC(=O)NC3=O)cc2c1-c1ccccc1. The fraction of sp³-hybridized carbons (Fsp3) is 0.0345. The molecule has 37 heavy (non-hydrogen) atoms. The minimum atomic E-state index is -0.433. The van der Waals surface area contributed by atoms with Crippen molar-refractivity contribution in [3.63, 3.8) is 0 Å². The summed E-state index contributed by atoms with van der Waals surface area (Å²) in [6.45, 7) is 1.70. The number of carbonyl (C=O) groups excluding carboxylic acids is 3. The fourth-order valence-corrected chi connectivity index (χ4v) is 4.93. The van der Waals surface area contributed by atoms with E-state index in [1.807, 2.05) is 66.7 Å². The smallest absolute Gasteiger partial charge is 0.290 e. The zero-order chi connectivity index (χ0) is 25.5. The van der Waals surface area contributed by atoms with Crippen molar-refractivity contribution < 1.29 is 23.2 Å². The lowest BCUT2D eigenvalue weighted by Gasteiger charge is -2.03. The second kappa shape index (κ2) is 9.07. The zero-order valence-corrected chi connectivity index (χ0v) is 20.3. The first kappa shape index (κ1) is 22.8. The van der Waals surface area contributed by atoms with Crippen molar-refractivity contribution in [1.82, 2.24) is 10.3 Å². The van der Waals surface area contributed by atoms with Crippen LogP contribution in [0.2, 0.25) is 0 Å². The molecule has 1 aliphatic rings. The summed E-state index contributed by atoms with van der Waals surface area (Å²) >= 11 is 0.849. The fourth-order valence-electron chi connectivity index (χ4n) is 4.25. The van der Waals surface area contributed by atoms with Gasteiger partial charge in [0.15, 0.2) is 11.5 Å². The molecule has 6 rings (SSSR count). The Balaban J connectivity index is 1.49. The molecule has 0 atom stereocenters. The number of oxazole rings is 1. The van der Waals surface area contributed by atoms with Gasteiger partial charge in [-0.05, 0) is 60.2 Å². The van der Waals surface area contributed by atoms with Crippen LogP contribution in [0.5, 0.6) is 0 Å². The van der Waals surface area contributed by atoms with Crippen LogP contribution in [-0.4, -0.2) is 21.9 Å². The first-order valence-electron chi connectivity index (χ1n) is 11.4. The number of aromatic nitrogens is 1.